The number of carbonyl (C=O) groups excluding carboxylic acids is 2. The van der Waals surface area contributed by atoms with E-state index >= 15 is 0 Å². The number of carbonyl (C=O) groups is 3. The van der Waals surface area contributed by atoms with Crippen molar-refractivity contribution in [3.8, 4) is 0 Å². The summed E-state index contributed by atoms with van der Waals surface area (Å²) < 4.78 is 0. The third-order valence-corrected chi connectivity index (χ3v) is 2.77. The van der Waals surface area contributed by atoms with Crippen LogP contribution in [0.2, 0.25) is 0 Å². The summed E-state index contributed by atoms with van der Waals surface area (Å²) in [7, 11) is 0. The number of H-pyrrole nitrogens is 1. The number of hydrogen-bond donors (Lipinski definition) is 3. The van der Waals surface area contributed by atoms with Crippen LogP contribution in [0.15, 0.2) is 0 Å². The molecule has 1 amide bonds. The maximum atomic E-state index is 11.9. The predicted molar refractivity (Wildman–Crippen MR) is 69.5 cm³/mol. The average molecular weight is 266 g/mol. The zero-order chi connectivity index (χ0) is 14.6. The molecule has 1 rings (SSSR count). The quantitative estimate of drug-likeness (QED) is 0.675. The Labute approximate surface area is 111 Å². The molecule has 0 saturated heterocycles. The molecular formula is C13H18N2O4. The van der Waals surface area contributed by atoms with Crippen LogP contribution in [0.4, 0.5) is 0 Å². The minimum Gasteiger partial charge on any atom is -0.480 e. The lowest BCUT2D eigenvalue weighted by atomic mass is 10.0. The van der Waals surface area contributed by atoms with Crippen molar-refractivity contribution in [3.63, 3.8) is 0 Å². The maximum Gasteiger partial charge on any atom is 0.322 e. The Morgan fingerprint density at radius 3 is 2.42 bits per heavy atom. The van der Waals surface area contributed by atoms with Gasteiger partial charge in [-0.2, -0.15) is 0 Å². The van der Waals surface area contributed by atoms with E-state index < -0.39 is 18.4 Å². The Morgan fingerprint density at radius 2 is 1.95 bits per heavy atom. The molecule has 19 heavy (non-hydrogen) atoms. The molecule has 1 aromatic rings. The maximum absolute atomic E-state index is 11.9. The highest BCUT2D eigenvalue weighted by atomic mass is 16.4. The van der Waals surface area contributed by atoms with Crippen LogP contribution in [0.3, 0.4) is 0 Å². The predicted octanol–water partition coefficient (Wildman–Crippen LogP) is 1.29. The van der Waals surface area contributed by atoms with E-state index in [0.717, 1.165) is 6.42 Å². The summed E-state index contributed by atoms with van der Waals surface area (Å²) in [6.07, 6.45) is 1.38. The molecule has 0 bridgehead atoms. The van der Waals surface area contributed by atoms with Crippen molar-refractivity contribution in [1.82, 2.24) is 10.3 Å². The largest absolute Gasteiger partial charge is 0.480 e. The van der Waals surface area contributed by atoms with Crippen LogP contribution in [0.25, 0.3) is 0 Å². The van der Waals surface area contributed by atoms with Gasteiger partial charge in [-0.05, 0) is 25.8 Å². The molecule has 104 valence electrons. The molecule has 0 aliphatic heterocycles. The number of hydrogen-bond acceptors (Lipinski definition) is 3. The van der Waals surface area contributed by atoms with Crippen LogP contribution in [0.1, 0.15) is 52.4 Å². The number of carboxylic acids is 1. The fraction of sp³-hybridized carbons (Fsp3) is 0.462. The molecule has 0 spiro atoms. The minimum absolute atomic E-state index is 0.102. The van der Waals surface area contributed by atoms with E-state index in [1.54, 1.807) is 6.92 Å². The second-order valence-electron chi connectivity index (χ2n) is 4.36. The van der Waals surface area contributed by atoms with Gasteiger partial charge in [-0.3, -0.25) is 14.4 Å². The van der Waals surface area contributed by atoms with Gasteiger partial charge in [0, 0.05) is 11.3 Å². The lowest BCUT2D eigenvalue weighted by Gasteiger charge is -2.05. The van der Waals surface area contributed by atoms with Gasteiger partial charge in [0.15, 0.2) is 5.78 Å². The van der Waals surface area contributed by atoms with E-state index in [9.17, 15) is 14.4 Å². The summed E-state index contributed by atoms with van der Waals surface area (Å²) in [4.78, 5) is 36.9. The standard InChI is InChI=1S/C13H18N2O4/c1-4-5-9-11(8(3)16)7(2)15-12(9)13(19)14-6-10(17)18/h15H,4-6H2,1-3H3,(H,14,19)(H,17,18). The molecule has 1 aromatic heterocycles. The molecule has 6 heteroatoms. The first-order valence-corrected chi connectivity index (χ1v) is 6.10. The van der Waals surface area contributed by atoms with Gasteiger partial charge in [-0.1, -0.05) is 13.3 Å². The normalized spacial score (nSPS) is 10.3. The van der Waals surface area contributed by atoms with Crippen LogP contribution >= 0.6 is 0 Å². The van der Waals surface area contributed by atoms with Gasteiger partial charge in [0.1, 0.15) is 12.2 Å². The van der Waals surface area contributed by atoms with Gasteiger partial charge in [-0.15, -0.1) is 0 Å². The fourth-order valence-corrected chi connectivity index (χ4v) is 2.09. The number of Topliss-reactive ketones (excluding diaryl/α,β-unsaturated/α-hetero) is 1. The van der Waals surface area contributed by atoms with Crippen LogP contribution in [0, 0.1) is 6.92 Å². The highest BCUT2D eigenvalue weighted by molar-refractivity contribution is 6.03. The molecule has 3 N–H and O–H groups in total. The molecule has 6 nitrogen and oxygen atoms in total. The molecule has 0 fully saturated rings. The first-order valence-electron chi connectivity index (χ1n) is 6.10. The van der Waals surface area contributed by atoms with Crippen molar-refractivity contribution in [2.24, 2.45) is 0 Å². The molecule has 0 unspecified atom stereocenters. The van der Waals surface area contributed by atoms with Crippen LogP contribution in [-0.2, 0) is 11.2 Å². The van der Waals surface area contributed by atoms with Crippen LogP contribution in [-0.4, -0.2) is 34.3 Å². The first-order chi connectivity index (χ1) is 8.88. The molecule has 0 radical (unpaired) electrons. The number of nitrogens with one attached hydrogen (secondary N) is 2. The SMILES string of the molecule is CCCc1c(C(=O)NCC(=O)O)[nH]c(C)c1C(C)=O. The monoisotopic (exact) mass is 266 g/mol. The van der Waals surface area contributed by atoms with E-state index in [-0.39, 0.29) is 11.5 Å². The Balaban J connectivity index is 3.12. The number of amides is 1. The van der Waals surface area contributed by atoms with Crippen molar-refractivity contribution in [1.29, 1.82) is 0 Å². The third kappa shape index (κ3) is 3.43. The lowest BCUT2D eigenvalue weighted by Crippen LogP contribution is -2.30. The van der Waals surface area contributed by atoms with Gasteiger partial charge >= 0.3 is 5.97 Å². The first kappa shape index (κ1) is 14.9. The van der Waals surface area contributed by atoms with Crippen LogP contribution in [0.5, 0.6) is 0 Å². The van der Waals surface area contributed by atoms with Crippen molar-refractivity contribution in [3.05, 3.63) is 22.5 Å². The molecule has 0 saturated carbocycles. The van der Waals surface area contributed by atoms with Crippen molar-refractivity contribution < 1.29 is 19.5 Å². The van der Waals surface area contributed by atoms with Crippen molar-refractivity contribution >= 4 is 17.7 Å². The summed E-state index contributed by atoms with van der Waals surface area (Å²) in [5, 5.41) is 10.8. The van der Waals surface area contributed by atoms with Gasteiger partial charge < -0.3 is 15.4 Å². The fourth-order valence-electron chi connectivity index (χ4n) is 2.09. The van der Waals surface area contributed by atoms with E-state index in [2.05, 4.69) is 10.3 Å². The number of aryl methyl sites for hydroxylation is 1. The van der Waals surface area contributed by atoms with E-state index in [1.165, 1.54) is 6.92 Å². The topological polar surface area (TPSA) is 99.3 Å². The molecular weight excluding hydrogens is 248 g/mol. The molecule has 0 aliphatic rings. The number of carboxylic acid groups (broad SMARTS) is 1. The minimum atomic E-state index is -1.11. The van der Waals surface area contributed by atoms with Gasteiger partial charge in [-0.25, -0.2) is 0 Å². The summed E-state index contributed by atoms with van der Waals surface area (Å²) >= 11 is 0. The third-order valence-electron chi connectivity index (χ3n) is 2.77. The zero-order valence-electron chi connectivity index (χ0n) is 11.3. The molecule has 1 heterocycles. The highest BCUT2D eigenvalue weighted by Crippen LogP contribution is 2.21. The number of rotatable bonds is 6. The number of aliphatic carboxylic acids is 1. The molecule has 0 aliphatic carbocycles. The molecule has 0 atom stereocenters. The van der Waals surface area contributed by atoms with E-state index in [0.29, 0.717) is 23.2 Å². The summed E-state index contributed by atoms with van der Waals surface area (Å²) in [6.45, 7) is 4.68. The van der Waals surface area contributed by atoms with Crippen LogP contribution < -0.4 is 5.32 Å². The summed E-state index contributed by atoms with van der Waals surface area (Å²) in [5.74, 6) is -1.71. The van der Waals surface area contributed by atoms with Gasteiger partial charge in [0.25, 0.3) is 5.91 Å². The average Bonchev–Trinajstić information content (AvgIpc) is 2.63. The number of aromatic nitrogens is 1. The van der Waals surface area contributed by atoms with Crippen molar-refractivity contribution in [2.45, 2.75) is 33.6 Å². The van der Waals surface area contributed by atoms with Gasteiger partial charge in [0.2, 0.25) is 0 Å². The van der Waals surface area contributed by atoms with E-state index in [4.69, 9.17) is 5.11 Å². The van der Waals surface area contributed by atoms with E-state index in [1.807, 2.05) is 6.92 Å². The Bertz CT molecular complexity index is 517. The summed E-state index contributed by atoms with van der Waals surface area (Å²) in [5.41, 5.74) is 2.11. The second-order valence-corrected chi connectivity index (χ2v) is 4.36. The smallest absolute Gasteiger partial charge is 0.322 e. The van der Waals surface area contributed by atoms with Gasteiger partial charge in [0.05, 0.1) is 0 Å². The Morgan fingerprint density at radius 1 is 1.32 bits per heavy atom. The zero-order valence-corrected chi connectivity index (χ0v) is 11.3. The molecule has 0 aromatic carbocycles. The highest BCUT2D eigenvalue weighted by Gasteiger charge is 2.22. The summed E-state index contributed by atoms with van der Waals surface area (Å²) in [6, 6.07) is 0. The Hall–Kier alpha value is -2.11. The lowest BCUT2D eigenvalue weighted by molar-refractivity contribution is -0.135. The Kier molecular flexibility index (Phi) is 4.86. The number of ketones is 1. The van der Waals surface area contributed by atoms with Crippen molar-refractivity contribution in [2.75, 3.05) is 6.54 Å². The second kappa shape index (κ2) is 6.17. The number of aromatic amines is 1.